The number of hydrogen-bond donors (Lipinski definition) is 4. The summed E-state index contributed by atoms with van der Waals surface area (Å²) >= 11 is 3.31. The zero-order chi connectivity index (χ0) is 34.0. The second kappa shape index (κ2) is 16.2. The fourth-order valence-corrected chi connectivity index (χ4v) is 5.26. The molecule has 1 amide bonds. The minimum absolute atomic E-state index is 0.0182. The van der Waals surface area contributed by atoms with E-state index in [1.54, 1.807) is 0 Å². The van der Waals surface area contributed by atoms with Gasteiger partial charge in [-0.2, -0.15) is 4.98 Å². The van der Waals surface area contributed by atoms with Crippen LogP contribution in [0.1, 0.15) is 10.4 Å². The van der Waals surface area contributed by atoms with Crippen molar-refractivity contribution in [3.63, 3.8) is 0 Å². The Hall–Kier alpha value is -4.76. The summed E-state index contributed by atoms with van der Waals surface area (Å²) in [5, 5.41) is 20.7. The maximum Gasteiger partial charge on any atom is 0.350 e. The first-order valence-corrected chi connectivity index (χ1v) is 15.9. The summed E-state index contributed by atoms with van der Waals surface area (Å²) in [6.45, 7) is 1.03. The molecule has 47 heavy (non-hydrogen) atoms. The van der Waals surface area contributed by atoms with Crippen molar-refractivity contribution in [1.82, 2.24) is 24.5 Å². The zero-order valence-corrected chi connectivity index (χ0v) is 27.1. The second-order valence-corrected chi connectivity index (χ2v) is 12.0. The predicted octanol–water partition coefficient (Wildman–Crippen LogP) is 3.09. The number of halogens is 2. The third-order valence-electron chi connectivity index (χ3n) is 6.15. The average Bonchev–Trinajstić information content (AvgIpc) is 3.46. The van der Waals surface area contributed by atoms with Gasteiger partial charge in [0.25, 0.3) is 5.91 Å². The number of aromatic nitrogens is 4. The van der Waals surface area contributed by atoms with E-state index >= 15 is 0 Å². The number of nitrogens with two attached hydrogens (primary N) is 1. The van der Waals surface area contributed by atoms with Gasteiger partial charge in [0, 0.05) is 18.4 Å². The van der Waals surface area contributed by atoms with Crippen LogP contribution in [0.15, 0.2) is 64.2 Å². The lowest BCUT2D eigenvalue weighted by molar-refractivity contribution is -0.385. The van der Waals surface area contributed by atoms with E-state index in [-0.39, 0.29) is 79.0 Å². The molecule has 0 aliphatic carbocycles. The fourth-order valence-electron chi connectivity index (χ4n) is 3.96. The standard InChI is InChI=1S/C27H29BrFN9O8S/c1-44-26-22(38(40)41)16-37(36-26)10-12-46-14-13-45-11-9-32-47(42,43)18-7-5-17(6-8-18)33-27-31-15-19(28)25(35-27)34-21-4-2-3-20(29)23(21)24(30)39/h2-8,15-16,32H,9-14H2,1H3,(H2,30,39)(H2,31,33,34,35). The summed E-state index contributed by atoms with van der Waals surface area (Å²) in [4.78, 5) is 30.6. The van der Waals surface area contributed by atoms with Crippen LogP contribution in [0.5, 0.6) is 5.88 Å². The third-order valence-corrected chi connectivity index (χ3v) is 8.21. The molecule has 4 rings (SSSR count). The summed E-state index contributed by atoms with van der Waals surface area (Å²) in [5.74, 6) is -1.47. The van der Waals surface area contributed by atoms with Gasteiger partial charge in [-0.15, -0.1) is 5.10 Å². The molecule has 0 saturated heterocycles. The fraction of sp³-hybridized carbons (Fsp3) is 0.259. The van der Waals surface area contributed by atoms with Crippen LogP contribution in [0.4, 0.5) is 33.2 Å². The maximum atomic E-state index is 14.1. The third kappa shape index (κ3) is 9.62. The van der Waals surface area contributed by atoms with E-state index in [1.165, 1.54) is 60.6 Å². The van der Waals surface area contributed by atoms with Crippen molar-refractivity contribution >= 4 is 60.7 Å². The summed E-state index contributed by atoms with van der Waals surface area (Å²) in [7, 11) is -2.53. The molecule has 5 N–H and O–H groups in total. The largest absolute Gasteiger partial charge is 0.475 e. The molecule has 17 nitrogen and oxygen atoms in total. The molecule has 0 aliphatic rings. The number of nitrogens with zero attached hydrogens (tertiary/aromatic N) is 5. The van der Waals surface area contributed by atoms with Gasteiger partial charge >= 0.3 is 11.6 Å². The highest BCUT2D eigenvalue weighted by molar-refractivity contribution is 9.10. The molecule has 0 saturated carbocycles. The van der Waals surface area contributed by atoms with E-state index < -0.39 is 26.7 Å². The number of primary amides is 1. The molecule has 2 heterocycles. The van der Waals surface area contributed by atoms with Crippen molar-refractivity contribution in [2.75, 3.05) is 50.7 Å². The Balaban J connectivity index is 1.20. The smallest absolute Gasteiger partial charge is 0.350 e. The van der Waals surface area contributed by atoms with E-state index in [2.05, 4.69) is 46.4 Å². The SMILES string of the molecule is COc1nn(CCOCCOCCNS(=O)(=O)c2ccc(Nc3ncc(Br)c(Nc4cccc(F)c4C(N)=O)n3)cc2)cc1[N+](=O)[O-]. The maximum absolute atomic E-state index is 14.1. The minimum Gasteiger partial charge on any atom is -0.475 e. The number of carbonyl (C=O) groups excluding carboxylic acids is 1. The molecule has 0 atom stereocenters. The molecule has 0 bridgehead atoms. The first kappa shape index (κ1) is 35.1. The Labute approximate surface area is 276 Å². The van der Waals surface area contributed by atoms with Gasteiger partial charge in [0.2, 0.25) is 16.0 Å². The van der Waals surface area contributed by atoms with Gasteiger partial charge in [-0.3, -0.25) is 19.6 Å². The Kier molecular flexibility index (Phi) is 12.1. The topological polar surface area (TPSA) is 228 Å². The molecule has 2 aromatic heterocycles. The zero-order valence-electron chi connectivity index (χ0n) is 24.7. The van der Waals surface area contributed by atoms with Crippen molar-refractivity contribution in [3.8, 4) is 5.88 Å². The van der Waals surface area contributed by atoms with E-state index in [4.69, 9.17) is 19.9 Å². The molecular weight excluding hydrogens is 709 g/mol. The minimum atomic E-state index is -3.83. The Morgan fingerprint density at radius 3 is 2.49 bits per heavy atom. The number of sulfonamides is 1. The van der Waals surface area contributed by atoms with Gasteiger partial charge in [-0.1, -0.05) is 6.07 Å². The molecule has 0 aliphatic heterocycles. The van der Waals surface area contributed by atoms with Crippen LogP contribution in [-0.4, -0.2) is 79.1 Å². The average molecular weight is 739 g/mol. The highest BCUT2D eigenvalue weighted by atomic mass is 79.9. The normalized spacial score (nSPS) is 11.3. The predicted molar refractivity (Wildman–Crippen MR) is 170 cm³/mol. The molecule has 4 aromatic rings. The number of benzene rings is 2. The number of carbonyl (C=O) groups is 1. The molecule has 20 heteroatoms. The first-order chi connectivity index (χ1) is 22.5. The van der Waals surface area contributed by atoms with Crippen LogP contribution in [0, 0.1) is 15.9 Å². The van der Waals surface area contributed by atoms with Crippen molar-refractivity contribution < 1.29 is 36.7 Å². The molecule has 0 spiro atoms. The number of rotatable bonds is 18. The summed E-state index contributed by atoms with van der Waals surface area (Å²) in [6.07, 6.45) is 2.69. The number of methoxy groups -OCH3 is 1. The molecule has 0 radical (unpaired) electrons. The number of nitrogens with one attached hydrogen (secondary N) is 3. The van der Waals surface area contributed by atoms with Gasteiger partial charge in [0.1, 0.15) is 17.8 Å². The molecular formula is C27H29BrFN9O8S. The molecule has 0 unspecified atom stereocenters. The van der Waals surface area contributed by atoms with Crippen molar-refractivity contribution in [1.29, 1.82) is 0 Å². The van der Waals surface area contributed by atoms with Gasteiger partial charge in [0.05, 0.1) is 65.6 Å². The van der Waals surface area contributed by atoms with Crippen LogP contribution in [0.3, 0.4) is 0 Å². The lowest BCUT2D eigenvalue weighted by Crippen LogP contribution is -2.27. The van der Waals surface area contributed by atoms with E-state index in [1.807, 2.05) is 0 Å². The quantitative estimate of drug-likeness (QED) is 0.0655. The number of ether oxygens (including phenoxy) is 3. The Morgan fingerprint density at radius 1 is 1.11 bits per heavy atom. The summed E-state index contributed by atoms with van der Waals surface area (Å²) in [5.41, 5.74) is 5.35. The van der Waals surface area contributed by atoms with Crippen LogP contribution in [-0.2, 0) is 26.0 Å². The van der Waals surface area contributed by atoms with Gasteiger partial charge in [-0.05, 0) is 52.3 Å². The van der Waals surface area contributed by atoms with Gasteiger partial charge < -0.3 is 30.6 Å². The summed E-state index contributed by atoms with van der Waals surface area (Å²) in [6, 6.07) is 9.84. The Morgan fingerprint density at radius 2 is 1.83 bits per heavy atom. The number of anilines is 4. The molecule has 250 valence electrons. The number of nitro groups is 1. The van der Waals surface area contributed by atoms with Gasteiger partial charge in [0.15, 0.2) is 0 Å². The highest BCUT2D eigenvalue weighted by Crippen LogP contribution is 2.28. The monoisotopic (exact) mass is 737 g/mol. The molecule has 0 fully saturated rings. The first-order valence-electron chi connectivity index (χ1n) is 13.6. The van der Waals surface area contributed by atoms with Crippen molar-refractivity contribution in [3.05, 3.63) is 80.8 Å². The highest BCUT2D eigenvalue weighted by Gasteiger charge is 2.20. The van der Waals surface area contributed by atoms with Crippen LogP contribution < -0.4 is 25.8 Å². The van der Waals surface area contributed by atoms with E-state index in [0.717, 1.165) is 6.07 Å². The summed E-state index contributed by atoms with van der Waals surface area (Å²) < 4.78 is 59.4. The number of amides is 1. The van der Waals surface area contributed by atoms with Crippen LogP contribution in [0.25, 0.3) is 0 Å². The van der Waals surface area contributed by atoms with Gasteiger partial charge in [-0.25, -0.2) is 22.5 Å². The van der Waals surface area contributed by atoms with E-state index in [9.17, 15) is 27.7 Å². The van der Waals surface area contributed by atoms with Crippen molar-refractivity contribution in [2.24, 2.45) is 5.73 Å². The lowest BCUT2D eigenvalue weighted by Gasteiger charge is -2.13. The second-order valence-electron chi connectivity index (χ2n) is 9.36. The van der Waals surface area contributed by atoms with Crippen LogP contribution >= 0.6 is 15.9 Å². The van der Waals surface area contributed by atoms with Crippen LogP contribution in [0.2, 0.25) is 0 Å². The van der Waals surface area contributed by atoms with Crippen molar-refractivity contribution in [2.45, 2.75) is 11.4 Å². The number of hydrogen-bond acceptors (Lipinski definition) is 13. The Bertz CT molecular complexity index is 1830. The molecule has 2 aromatic carbocycles. The van der Waals surface area contributed by atoms with E-state index in [0.29, 0.717) is 10.2 Å². The lowest BCUT2D eigenvalue weighted by atomic mass is 10.1.